The third-order valence-corrected chi connectivity index (χ3v) is 4.42. The van der Waals surface area contributed by atoms with E-state index in [0.717, 1.165) is 16.5 Å². The number of ether oxygens (including phenoxy) is 2. The van der Waals surface area contributed by atoms with E-state index >= 15 is 0 Å². The average molecular weight is 424 g/mol. The average Bonchev–Trinajstić information content (AvgIpc) is 2.71. The van der Waals surface area contributed by atoms with Gasteiger partial charge >= 0.3 is 17.6 Å². The number of benzene rings is 2. The Morgan fingerprint density at radius 1 is 1.10 bits per heavy atom. The number of nitrogens with two attached hydrogens (primary N) is 1. The van der Waals surface area contributed by atoms with Crippen LogP contribution < -0.4 is 21.4 Å². The maximum atomic E-state index is 12.1. The number of amides is 3. The van der Waals surface area contributed by atoms with Crippen molar-refractivity contribution in [2.75, 3.05) is 0 Å². The lowest BCUT2D eigenvalue weighted by Crippen LogP contribution is -2.42. The first-order chi connectivity index (χ1) is 14.7. The van der Waals surface area contributed by atoms with Gasteiger partial charge in [-0.05, 0) is 49.2 Å². The number of hydrogen-bond acceptors (Lipinski definition) is 7. The smallest absolute Gasteiger partial charge is 0.338 e. The van der Waals surface area contributed by atoms with Crippen molar-refractivity contribution in [3.05, 3.63) is 75.6 Å². The van der Waals surface area contributed by atoms with E-state index in [-0.39, 0.29) is 12.2 Å². The van der Waals surface area contributed by atoms with Crippen LogP contribution in [0.15, 0.2) is 57.7 Å². The second-order valence-corrected chi connectivity index (χ2v) is 6.79. The summed E-state index contributed by atoms with van der Waals surface area (Å²) in [6.07, 6.45) is -1.18. The molecule has 1 heterocycles. The summed E-state index contributed by atoms with van der Waals surface area (Å²) < 4.78 is 15.9. The van der Waals surface area contributed by atoms with Crippen molar-refractivity contribution in [3.63, 3.8) is 0 Å². The molecule has 0 aliphatic heterocycles. The summed E-state index contributed by atoms with van der Waals surface area (Å²) in [5, 5.41) is 2.67. The van der Waals surface area contributed by atoms with Crippen LogP contribution in [0.2, 0.25) is 0 Å². The van der Waals surface area contributed by atoms with Crippen LogP contribution in [0.5, 0.6) is 5.75 Å². The molecule has 9 heteroatoms. The van der Waals surface area contributed by atoms with Crippen molar-refractivity contribution in [1.82, 2.24) is 5.32 Å². The number of nitrogens with one attached hydrogen (secondary N) is 1. The second-order valence-electron chi connectivity index (χ2n) is 6.79. The van der Waals surface area contributed by atoms with E-state index in [1.165, 1.54) is 25.1 Å². The standard InChI is InChI=1S/C22H20N2O7/c1-12-9-19(25)31-18-10-16(7-8-17(12)18)29-11-14-3-5-15(6-4-14)21(27)30-13(2)20(26)24-22(23)28/h3-10,13H,11H2,1-2H3,(H3,23,24,26,28)/t13-/m1/s1. The molecule has 0 fully saturated rings. The number of urea groups is 1. The highest BCUT2D eigenvalue weighted by Crippen LogP contribution is 2.23. The first kappa shape index (κ1) is 21.6. The molecule has 9 nitrogen and oxygen atoms in total. The Hall–Kier alpha value is -4.14. The van der Waals surface area contributed by atoms with E-state index in [0.29, 0.717) is 11.3 Å². The van der Waals surface area contributed by atoms with E-state index in [9.17, 15) is 19.2 Å². The Balaban J connectivity index is 1.61. The summed E-state index contributed by atoms with van der Waals surface area (Å²) in [5.74, 6) is -1.01. The SMILES string of the molecule is Cc1cc(=O)oc2cc(OCc3ccc(C(=O)O[C@H](C)C(=O)NC(N)=O)cc3)ccc12. The molecule has 0 saturated carbocycles. The van der Waals surface area contributed by atoms with Gasteiger partial charge in [0.1, 0.15) is 17.9 Å². The van der Waals surface area contributed by atoms with Gasteiger partial charge in [-0.15, -0.1) is 0 Å². The van der Waals surface area contributed by atoms with Crippen LogP contribution in [0.25, 0.3) is 11.0 Å². The van der Waals surface area contributed by atoms with Gasteiger partial charge in [0.2, 0.25) is 0 Å². The van der Waals surface area contributed by atoms with Gasteiger partial charge in [0.05, 0.1) is 5.56 Å². The zero-order valence-electron chi connectivity index (χ0n) is 16.8. The van der Waals surface area contributed by atoms with Crippen molar-refractivity contribution in [1.29, 1.82) is 0 Å². The quantitative estimate of drug-likeness (QED) is 0.458. The highest BCUT2D eigenvalue weighted by atomic mass is 16.5. The normalized spacial score (nSPS) is 11.5. The molecule has 0 unspecified atom stereocenters. The molecule has 31 heavy (non-hydrogen) atoms. The van der Waals surface area contributed by atoms with Crippen LogP contribution in [0, 0.1) is 6.92 Å². The summed E-state index contributed by atoms with van der Waals surface area (Å²) >= 11 is 0. The summed E-state index contributed by atoms with van der Waals surface area (Å²) in [6.45, 7) is 3.37. The first-order valence-electron chi connectivity index (χ1n) is 9.30. The van der Waals surface area contributed by atoms with Gasteiger partial charge in [-0.1, -0.05) is 12.1 Å². The van der Waals surface area contributed by atoms with Crippen LogP contribution in [0.4, 0.5) is 4.79 Å². The van der Waals surface area contributed by atoms with Crippen molar-refractivity contribution in [3.8, 4) is 5.75 Å². The first-order valence-corrected chi connectivity index (χ1v) is 9.30. The molecular formula is C22H20N2O7. The number of carbonyl (C=O) groups is 3. The number of fused-ring (bicyclic) bond motifs is 1. The Morgan fingerprint density at radius 3 is 2.48 bits per heavy atom. The summed E-state index contributed by atoms with van der Waals surface area (Å²) in [6, 6.07) is 12.1. The summed E-state index contributed by atoms with van der Waals surface area (Å²) in [4.78, 5) is 45.9. The number of rotatable bonds is 6. The van der Waals surface area contributed by atoms with Crippen molar-refractivity contribution < 1.29 is 28.3 Å². The highest BCUT2D eigenvalue weighted by Gasteiger charge is 2.20. The minimum atomic E-state index is -1.18. The van der Waals surface area contributed by atoms with Crippen LogP contribution in [0.3, 0.4) is 0 Å². The Bertz CT molecular complexity index is 1200. The number of imide groups is 1. The van der Waals surface area contributed by atoms with Crippen molar-refractivity contribution >= 4 is 28.9 Å². The molecule has 3 aromatic rings. The zero-order chi connectivity index (χ0) is 22.5. The molecule has 3 rings (SSSR count). The monoisotopic (exact) mass is 424 g/mol. The van der Waals surface area contributed by atoms with E-state index < -0.39 is 29.6 Å². The molecule has 2 aromatic carbocycles. The van der Waals surface area contributed by atoms with Gasteiger partial charge in [0, 0.05) is 17.5 Å². The van der Waals surface area contributed by atoms with Crippen LogP contribution >= 0.6 is 0 Å². The molecule has 0 spiro atoms. The lowest BCUT2D eigenvalue weighted by Gasteiger charge is -2.12. The van der Waals surface area contributed by atoms with Gasteiger partial charge < -0.3 is 19.6 Å². The van der Waals surface area contributed by atoms with Gasteiger partial charge in [0.15, 0.2) is 6.10 Å². The van der Waals surface area contributed by atoms with E-state index in [2.05, 4.69) is 0 Å². The summed E-state index contributed by atoms with van der Waals surface area (Å²) in [5.41, 5.74) is 6.70. The molecule has 3 amide bonds. The Labute approximate surface area is 176 Å². The van der Waals surface area contributed by atoms with E-state index in [1.54, 1.807) is 24.3 Å². The van der Waals surface area contributed by atoms with Crippen molar-refractivity contribution in [2.24, 2.45) is 5.73 Å². The maximum absolute atomic E-state index is 12.1. The maximum Gasteiger partial charge on any atom is 0.338 e. The van der Waals surface area contributed by atoms with Gasteiger partial charge in [0.25, 0.3) is 5.91 Å². The minimum absolute atomic E-state index is 0.217. The van der Waals surface area contributed by atoms with Crippen LogP contribution in [-0.2, 0) is 16.1 Å². The van der Waals surface area contributed by atoms with Gasteiger partial charge in [-0.25, -0.2) is 14.4 Å². The molecule has 0 bridgehead atoms. The predicted octanol–water partition coefficient (Wildman–Crippen LogP) is 2.42. The fourth-order valence-corrected chi connectivity index (χ4v) is 2.80. The van der Waals surface area contributed by atoms with E-state index in [4.69, 9.17) is 19.6 Å². The largest absolute Gasteiger partial charge is 0.489 e. The Kier molecular flexibility index (Phi) is 6.35. The van der Waals surface area contributed by atoms with Gasteiger partial charge in [-0.2, -0.15) is 0 Å². The van der Waals surface area contributed by atoms with Crippen LogP contribution in [0.1, 0.15) is 28.4 Å². The van der Waals surface area contributed by atoms with Crippen molar-refractivity contribution in [2.45, 2.75) is 26.6 Å². The fourth-order valence-electron chi connectivity index (χ4n) is 2.80. The minimum Gasteiger partial charge on any atom is -0.489 e. The Morgan fingerprint density at radius 2 is 1.81 bits per heavy atom. The fraction of sp³-hybridized carbons (Fsp3) is 0.182. The molecule has 0 aliphatic rings. The number of aryl methyl sites for hydroxylation is 1. The lowest BCUT2D eigenvalue weighted by atomic mass is 10.1. The second kappa shape index (κ2) is 9.12. The van der Waals surface area contributed by atoms with Gasteiger partial charge in [-0.3, -0.25) is 10.1 Å². The molecule has 3 N–H and O–H groups in total. The number of esters is 1. The number of carbonyl (C=O) groups excluding carboxylic acids is 3. The molecule has 0 aliphatic carbocycles. The van der Waals surface area contributed by atoms with E-state index in [1.807, 2.05) is 18.3 Å². The summed E-state index contributed by atoms with van der Waals surface area (Å²) in [7, 11) is 0. The third-order valence-electron chi connectivity index (χ3n) is 4.42. The number of primary amides is 1. The predicted molar refractivity (Wildman–Crippen MR) is 111 cm³/mol. The topological polar surface area (TPSA) is 138 Å². The molecule has 1 aromatic heterocycles. The molecule has 160 valence electrons. The number of hydrogen-bond donors (Lipinski definition) is 2. The molecular weight excluding hydrogens is 404 g/mol. The zero-order valence-corrected chi connectivity index (χ0v) is 16.8. The third kappa shape index (κ3) is 5.47. The highest BCUT2D eigenvalue weighted by molar-refractivity contribution is 5.98. The molecule has 0 radical (unpaired) electrons. The molecule has 1 atom stereocenters. The van der Waals surface area contributed by atoms with Crippen LogP contribution in [-0.4, -0.2) is 24.0 Å². The lowest BCUT2D eigenvalue weighted by molar-refractivity contribution is -0.127. The molecule has 0 saturated heterocycles.